The van der Waals surface area contributed by atoms with Gasteiger partial charge in [-0.15, -0.1) is 4.91 Å². The number of benzene rings is 3. The van der Waals surface area contributed by atoms with Crippen molar-refractivity contribution in [3.05, 3.63) is 80.6 Å². The molecule has 1 unspecified atom stereocenters. The van der Waals surface area contributed by atoms with E-state index in [-0.39, 0.29) is 50.0 Å². The largest absolute Gasteiger partial charge is 0.505 e. The monoisotopic (exact) mass is 939 g/mol. The van der Waals surface area contributed by atoms with Crippen LogP contribution in [0.3, 0.4) is 0 Å². The molecular formula is C51H65N5O12. The number of nitrogens with one attached hydrogen (secondary N) is 1. The highest BCUT2D eigenvalue weighted by Gasteiger charge is 2.52. The molecule has 0 aliphatic carbocycles. The number of anilines is 2. The van der Waals surface area contributed by atoms with Crippen LogP contribution in [0.25, 0.3) is 33.0 Å². The number of aliphatic hydroxyl groups excluding tert-OH is 2. The molecule has 1 saturated heterocycles. The van der Waals surface area contributed by atoms with Crippen molar-refractivity contribution >= 4 is 56.2 Å². The normalized spacial score (nSPS) is 28.8. The summed E-state index contributed by atoms with van der Waals surface area (Å²) in [5, 5.41) is 41.4. The second-order valence-electron chi connectivity index (χ2n) is 19.3. The van der Waals surface area contributed by atoms with E-state index in [4.69, 9.17) is 28.3 Å². The highest BCUT2D eigenvalue weighted by atomic mass is 16.7. The molecule has 17 nitrogen and oxygen atoms in total. The molecule has 1 amide bonds. The number of phenols is 1. The van der Waals surface area contributed by atoms with Gasteiger partial charge in [-0.3, -0.25) is 19.3 Å². The number of fused-ring (bicyclic) bond motifs is 2. The molecule has 1 fully saturated rings. The third-order valence-electron chi connectivity index (χ3n) is 14.0. The van der Waals surface area contributed by atoms with E-state index in [1.54, 1.807) is 58.9 Å². The second kappa shape index (κ2) is 20.0. The molecule has 4 aromatic rings. The molecule has 4 heterocycles. The number of carbonyl (C=O) groups excluding carboxylic acids is 2. The second-order valence-corrected chi connectivity index (χ2v) is 19.3. The summed E-state index contributed by atoms with van der Waals surface area (Å²) in [7, 11) is 1.46. The summed E-state index contributed by atoms with van der Waals surface area (Å²) < 4.78 is 31.0. The molecule has 1 aromatic heterocycles. The SMILES string of the molecule is CO[C@H]1C=CO[C@@]2(C)Oc3c(C)c(=O)c4c(O)c(c5oc6cc(N7CCN(CC(C)C)CC7)ccc6nc5c4c3C2N=O)NC(=O)C(C)=CC=C[C@H](C)[C@H](O)[C@@H](C)[C@@H](O)[C@@H](C)[C@H](OC(C)=O)[C@@H]1C. The Kier molecular flexibility index (Phi) is 14.7. The van der Waals surface area contributed by atoms with E-state index in [0.29, 0.717) is 17.0 Å². The van der Waals surface area contributed by atoms with Gasteiger partial charge in [0.15, 0.2) is 28.4 Å². The number of rotatable bonds is 6. The number of methoxy groups -OCH3 is 1. The van der Waals surface area contributed by atoms with E-state index in [0.717, 1.165) is 38.4 Å². The summed E-state index contributed by atoms with van der Waals surface area (Å²) in [4.78, 5) is 64.0. The highest BCUT2D eigenvalue weighted by Crippen LogP contribution is 2.54. The number of nitroso groups, excluding NO2 is 1. The standard InChI is InChI=1S/C51H65N5O12/c1-25(2)24-55-18-20-56(21-19-55)33-15-16-34-36(23-33)67-48-40(52-34)37-38-44(60)31(8)47-39(37)49(54-63)51(10,68-47)65-22-17-35(64-11)28(5)46(66-32(9)57)30(7)43(59)29(6)42(58)26(3)13-12-14-27(4)50(62)53-41(48)45(38)61/h12-17,22-23,25-26,28-30,35,42-43,46,49,58-59,61H,18-21,24H2,1-11H3,(H,53,62)/t26-,28+,29+,30+,35-,42-,43+,46+,49?,51-/m0/s1. The van der Waals surface area contributed by atoms with Crippen LogP contribution in [0.5, 0.6) is 11.5 Å². The number of esters is 1. The highest BCUT2D eigenvalue weighted by molar-refractivity contribution is 6.19. The minimum absolute atomic E-state index is 0.00496. The Morgan fingerprint density at radius 2 is 1.72 bits per heavy atom. The van der Waals surface area contributed by atoms with Crippen molar-refractivity contribution in [1.82, 2.24) is 9.88 Å². The number of carbonyl (C=O) groups is 2. The lowest BCUT2D eigenvalue weighted by Crippen LogP contribution is -2.47. The van der Waals surface area contributed by atoms with Crippen LogP contribution in [0, 0.1) is 41.4 Å². The maximum atomic E-state index is 14.5. The average Bonchev–Trinajstić information content (AvgIpc) is 3.61. The van der Waals surface area contributed by atoms with E-state index in [2.05, 4.69) is 34.1 Å². The van der Waals surface area contributed by atoms with E-state index < -0.39 is 83.0 Å². The van der Waals surface area contributed by atoms with Crippen molar-refractivity contribution in [1.29, 1.82) is 0 Å². The zero-order chi connectivity index (χ0) is 49.5. The predicted octanol–water partition coefficient (Wildman–Crippen LogP) is 7.40. The molecule has 0 radical (unpaired) electrons. The third kappa shape index (κ3) is 9.45. The van der Waals surface area contributed by atoms with Crippen molar-refractivity contribution in [3.63, 3.8) is 0 Å². The molecule has 3 aliphatic rings. The van der Waals surface area contributed by atoms with Gasteiger partial charge in [0.25, 0.3) is 11.7 Å². The van der Waals surface area contributed by atoms with Crippen LogP contribution in [0.2, 0.25) is 0 Å². The fourth-order valence-electron chi connectivity index (χ4n) is 9.99. The quantitative estimate of drug-likeness (QED) is 0.0486. The number of aromatic nitrogens is 1. The Balaban J connectivity index is 1.42. The van der Waals surface area contributed by atoms with Crippen molar-refractivity contribution < 1.29 is 48.3 Å². The fraction of sp³-hybridized carbons (Fsp3) is 0.529. The van der Waals surface area contributed by atoms with Gasteiger partial charge in [0.2, 0.25) is 0 Å². The number of allylic oxidation sites excluding steroid dienone is 2. The number of hydrogen-bond donors (Lipinski definition) is 4. The Labute approximate surface area is 395 Å². The van der Waals surface area contributed by atoms with E-state index >= 15 is 0 Å². The Hall–Kier alpha value is -5.88. The van der Waals surface area contributed by atoms with Gasteiger partial charge in [-0.25, -0.2) is 4.98 Å². The van der Waals surface area contributed by atoms with Crippen LogP contribution in [0.4, 0.5) is 11.4 Å². The van der Waals surface area contributed by atoms with Crippen LogP contribution in [0.15, 0.2) is 68.7 Å². The summed E-state index contributed by atoms with van der Waals surface area (Å²) in [6.07, 6.45) is 3.77. The van der Waals surface area contributed by atoms with E-state index in [1.165, 1.54) is 40.2 Å². The van der Waals surface area contributed by atoms with Crippen LogP contribution in [0.1, 0.15) is 79.5 Å². The molecule has 0 spiro atoms. The smallest absolute Gasteiger partial charge is 0.302 e. The summed E-state index contributed by atoms with van der Waals surface area (Å²) in [6.45, 7) is 21.6. The minimum atomic E-state index is -1.87. The maximum Gasteiger partial charge on any atom is 0.302 e. The zero-order valence-electron chi connectivity index (χ0n) is 40.7. The number of phenolic OH excluding ortho intramolecular Hbond substituents is 1. The van der Waals surface area contributed by atoms with Gasteiger partial charge >= 0.3 is 5.97 Å². The molecule has 17 heteroatoms. The van der Waals surface area contributed by atoms with Crippen molar-refractivity contribution in [3.8, 4) is 11.5 Å². The van der Waals surface area contributed by atoms with Gasteiger partial charge in [0.1, 0.15) is 28.6 Å². The summed E-state index contributed by atoms with van der Waals surface area (Å²) in [6, 6.07) is 4.15. The molecular weight excluding hydrogens is 875 g/mol. The van der Waals surface area contributed by atoms with Gasteiger partial charge in [-0.05, 0) is 38.0 Å². The van der Waals surface area contributed by atoms with E-state index in [1.807, 2.05) is 12.1 Å². The van der Waals surface area contributed by atoms with Crippen LogP contribution in [-0.2, 0) is 23.8 Å². The third-order valence-corrected chi connectivity index (χ3v) is 14.0. The first kappa shape index (κ1) is 50.0. The van der Waals surface area contributed by atoms with Gasteiger partial charge < -0.3 is 48.9 Å². The van der Waals surface area contributed by atoms with Crippen molar-refractivity contribution in [2.24, 2.45) is 34.8 Å². The number of hydrogen-bond acceptors (Lipinski definition) is 16. The van der Waals surface area contributed by atoms with Crippen LogP contribution >= 0.6 is 0 Å². The van der Waals surface area contributed by atoms with Gasteiger partial charge in [-0.1, -0.05) is 64.9 Å². The molecule has 4 bridgehead atoms. The van der Waals surface area contributed by atoms with Crippen molar-refractivity contribution in [2.45, 2.75) is 105 Å². The molecule has 4 N–H and O–H groups in total. The zero-order valence-corrected chi connectivity index (χ0v) is 40.7. The molecule has 3 aliphatic heterocycles. The van der Waals surface area contributed by atoms with Gasteiger partial charge in [-0.2, -0.15) is 0 Å². The number of amides is 1. The van der Waals surface area contributed by atoms with Crippen molar-refractivity contribution in [2.75, 3.05) is 50.1 Å². The molecule has 68 heavy (non-hydrogen) atoms. The van der Waals surface area contributed by atoms with Gasteiger partial charge in [0, 0.05) is 111 Å². The minimum Gasteiger partial charge on any atom is -0.505 e. The lowest BCUT2D eigenvalue weighted by Gasteiger charge is -2.38. The number of nitrogens with zero attached hydrogens (tertiary/aromatic N) is 4. The Morgan fingerprint density at radius 1 is 1.01 bits per heavy atom. The molecule has 3 aromatic carbocycles. The first-order valence-corrected chi connectivity index (χ1v) is 23.4. The lowest BCUT2D eigenvalue weighted by atomic mass is 9.78. The molecule has 10 atom stereocenters. The lowest BCUT2D eigenvalue weighted by molar-refractivity contribution is -0.160. The number of ether oxygens (including phenoxy) is 4. The van der Waals surface area contributed by atoms with E-state index in [9.17, 15) is 34.6 Å². The topological polar surface area (TPSA) is 223 Å². The molecule has 7 rings (SSSR count). The predicted molar refractivity (Wildman–Crippen MR) is 260 cm³/mol. The average molecular weight is 940 g/mol. The summed E-state index contributed by atoms with van der Waals surface area (Å²) >= 11 is 0. The number of piperazine rings is 1. The maximum absolute atomic E-state index is 14.5. The molecule has 0 saturated carbocycles. The Bertz CT molecular complexity index is 2740. The Morgan fingerprint density at radius 3 is 2.37 bits per heavy atom. The van der Waals surface area contributed by atoms with Gasteiger partial charge in [0.05, 0.1) is 30.0 Å². The first-order valence-electron chi connectivity index (χ1n) is 23.4. The van der Waals surface area contributed by atoms with Crippen LogP contribution in [-0.4, -0.2) is 107 Å². The number of aliphatic hydroxyl groups is 2. The van der Waals surface area contributed by atoms with Crippen LogP contribution < -0.4 is 20.4 Å². The number of aromatic hydroxyl groups is 1. The summed E-state index contributed by atoms with van der Waals surface area (Å²) in [5.74, 6) is -5.65. The molecule has 366 valence electrons. The first-order chi connectivity index (χ1) is 32.2. The summed E-state index contributed by atoms with van der Waals surface area (Å²) in [5.41, 5.74) is 1.08. The fourth-order valence-corrected chi connectivity index (χ4v) is 9.99.